The maximum atomic E-state index is 11.8. The van der Waals surface area contributed by atoms with Crippen LogP contribution >= 0.6 is 11.3 Å². The van der Waals surface area contributed by atoms with Gasteiger partial charge in [-0.05, 0) is 19.1 Å². The number of aromatic nitrogens is 2. The third-order valence-corrected chi connectivity index (χ3v) is 3.98. The zero-order chi connectivity index (χ0) is 14.4. The molecule has 0 saturated heterocycles. The Morgan fingerprint density at radius 3 is 2.85 bits per heavy atom. The summed E-state index contributed by atoms with van der Waals surface area (Å²) >= 11 is 1.55. The van der Waals surface area contributed by atoms with Gasteiger partial charge in [0.1, 0.15) is 5.01 Å². The van der Waals surface area contributed by atoms with Gasteiger partial charge in [0.25, 0.3) is 0 Å². The molecule has 0 saturated carbocycles. The first kappa shape index (κ1) is 14.6. The van der Waals surface area contributed by atoms with Crippen molar-refractivity contribution in [3.63, 3.8) is 0 Å². The molecule has 0 bridgehead atoms. The van der Waals surface area contributed by atoms with E-state index in [0.717, 1.165) is 21.1 Å². The van der Waals surface area contributed by atoms with E-state index < -0.39 is 0 Å². The molecule has 1 amide bonds. The van der Waals surface area contributed by atoms with Crippen molar-refractivity contribution < 1.29 is 9.53 Å². The maximum absolute atomic E-state index is 11.8. The Balaban J connectivity index is 2.03. The SMILES string of the molecule is COCCNC(=O)Cc1sc(-c2ccncc2)nc1C. The van der Waals surface area contributed by atoms with Gasteiger partial charge in [0, 0.05) is 36.5 Å². The summed E-state index contributed by atoms with van der Waals surface area (Å²) in [5.41, 5.74) is 1.93. The first-order valence-electron chi connectivity index (χ1n) is 6.33. The number of aryl methyl sites for hydroxylation is 1. The van der Waals surface area contributed by atoms with E-state index in [9.17, 15) is 4.79 Å². The van der Waals surface area contributed by atoms with Crippen molar-refractivity contribution in [2.24, 2.45) is 0 Å². The minimum absolute atomic E-state index is 0.00456. The Labute approximate surface area is 122 Å². The van der Waals surface area contributed by atoms with Crippen LogP contribution in [0.3, 0.4) is 0 Å². The van der Waals surface area contributed by atoms with Crippen LogP contribution in [0.1, 0.15) is 10.6 Å². The summed E-state index contributed by atoms with van der Waals surface area (Å²) in [5.74, 6) is -0.00456. The summed E-state index contributed by atoms with van der Waals surface area (Å²) in [7, 11) is 1.61. The zero-order valence-corrected chi connectivity index (χ0v) is 12.4. The number of ether oxygens (including phenoxy) is 1. The van der Waals surface area contributed by atoms with Gasteiger partial charge in [-0.15, -0.1) is 11.3 Å². The van der Waals surface area contributed by atoms with Crippen LogP contribution in [-0.2, 0) is 16.0 Å². The number of thiazole rings is 1. The van der Waals surface area contributed by atoms with Gasteiger partial charge in [0.05, 0.1) is 18.7 Å². The molecule has 0 aliphatic heterocycles. The summed E-state index contributed by atoms with van der Waals surface area (Å²) in [6.45, 7) is 2.99. The fourth-order valence-electron chi connectivity index (χ4n) is 1.71. The molecule has 0 aliphatic rings. The molecule has 0 unspecified atom stereocenters. The van der Waals surface area contributed by atoms with Crippen LogP contribution in [-0.4, -0.2) is 36.1 Å². The number of amides is 1. The van der Waals surface area contributed by atoms with Gasteiger partial charge in [0.15, 0.2) is 0 Å². The lowest BCUT2D eigenvalue weighted by molar-refractivity contribution is -0.120. The molecule has 1 N–H and O–H groups in total. The molecule has 0 atom stereocenters. The molecule has 2 heterocycles. The standard InChI is InChI=1S/C14H17N3O2S/c1-10-12(9-13(18)16-7-8-19-2)20-14(17-10)11-3-5-15-6-4-11/h3-6H,7-9H2,1-2H3,(H,16,18). The third-order valence-electron chi connectivity index (χ3n) is 2.77. The zero-order valence-electron chi connectivity index (χ0n) is 11.5. The Bertz CT molecular complexity index is 569. The number of carbonyl (C=O) groups is 1. The van der Waals surface area contributed by atoms with Crippen molar-refractivity contribution in [1.82, 2.24) is 15.3 Å². The van der Waals surface area contributed by atoms with Gasteiger partial charge >= 0.3 is 0 Å². The highest BCUT2D eigenvalue weighted by Gasteiger charge is 2.12. The van der Waals surface area contributed by atoms with Crippen LogP contribution in [0.25, 0.3) is 10.6 Å². The lowest BCUT2D eigenvalue weighted by Crippen LogP contribution is -2.28. The normalized spacial score (nSPS) is 10.5. The monoisotopic (exact) mass is 291 g/mol. The van der Waals surface area contributed by atoms with E-state index in [1.165, 1.54) is 0 Å². The van der Waals surface area contributed by atoms with Crippen molar-refractivity contribution in [3.8, 4) is 10.6 Å². The lowest BCUT2D eigenvalue weighted by Gasteiger charge is -2.03. The average molecular weight is 291 g/mol. The van der Waals surface area contributed by atoms with Crippen LogP contribution < -0.4 is 5.32 Å². The van der Waals surface area contributed by atoms with Crippen LogP contribution in [0.2, 0.25) is 0 Å². The second-order valence-electron chi connectivity index (χ2n) is 4.28. The molecule has 0 radical (unpaired) electrons. The second-order valence-corrected chi connectivity index (χ2v) is 5.37. The van der Waals surface area contributed by atoms with Crippen molar-refractivity contribution in [1.29, 1.82) is 0 Å². The smallest absolute Gasteiger partial charge is 0.225 e. The summed E-state index contributed by atoms with van der Waals surface area (Å²) in [6.07, 6.45) is 3.84. The Hall–Kier alpha value is -1.79. The van der Waals surface area contributed by atoms with Gasteiger partial charge in [-0.3, -0.25) is 9.78 Å². The van der Waals surface area contributed by atoms with E-state index in [4.69, 9.17) is 4.74 Å². The molecule has 20 heavy (non-hydrogen) atoms. The minimum Gasteiger partial charge on any atom is -0.383 e. The van der Waals surface area contributed by atoms with Gasteiger partial charge in [-0.1, -0.05) is 0 Å². The fraction of sp³-hybridized carbons (Fsp3) is 0.357. The highest BCUT2D eigenvalue weighted by molar-refractivity contribution is 7.15. The van der Waals surface area contributed by atoms with Crippen molar-refractivity contribution in [3.05, 3.63) is 35.1 Å². The Morgan fingerprint density at radius 2 is 2.15 bits per heavy atom. The molecule has 0 fully saturated rings. The summed E-state index contributed by atoms with van der Waals surface area (Å²) < 4.78 is 4.90. The second kappa shape index (κ2) is 7.12. The number of carbonyl (C=O) groups excluding carboxylic acids is 1. The first-order chi connectivity index (χ1) is 9.70. The van der Waals surface area contributed by atoms with Gasteiger partial charge in [-0.2, -0.15) is 0 Å². The fourth-order valence-corrected chi connectivity index (χ4v) is 2.78. The van der Waals surface area contributed by atoms with Gasteiger partial charge < -0.3 is 10.1 Å². The van der Waals surface area contributed by atoms with Crippen LogP contribution in [0.4, 0.5) is 0 Å². The predicted molar refractivity (Wildman–Crippen MR) is 78.7 cm³/mol. The largest absolute Gasteiger partial charge is 0.383 e. The third kappa shape index (κ3) is 3.85. The quantitative estimate of drug-likeness (QED) is 0.825. The lowest BCUT2D eigenvalue weighted by atomic mass is 10.2. The maximum Gasteiger partial charge on any atom is 0.225 e. The number of nitrogens with zero attached hydrogens (tertiary/aromatic N) is 2. The molecule has 0 aliphatic carbocycles. The molecule has 2 aromatic heterocycles. The summed E-state index contributed by atoms with van der Waals surface area (Å²) in [6, 6.07) is 3.83. The molecular formula is C14H17N3O2S. The topological polar surface area (TPSA) is 64.1 Å². The van der Waals surface area contributed by atoms with E-state index >= 15 is 0 Å². The first-order valence-corrected chi connectivity index (χ1v) is 7.14. The molecule has 6 heteroatoms. The predicted octanol–water partition coefficient (Wildman–Crippen LogP) is 1.82. The highest BCUT2D eigenvalue weighted by Crippen LogP contribution is 2.27. The number of hydrogen-bond acceptors (Lipinski definition) is 5. The van der Waals surface area contributed by atoms with E-state index in [-0.39, 0.29) is 5.91 Å². The summed E-state index contributed by atoms with van der Waals surface area (Å²) in [5, 5.41) is 3.73. The van der Waals surface area contributed by atoms with E-state index in [0.29, 0.717) is 19.6 Å². The molecule has 0 aromatic carbocycles. The van der Waals surface area contributed by atoms with E-state index in [1.54, 1.807) is 30.8 Å². The number of hydrogen-bond donors (Lipinski definition) is 1. The molecular weight excluding hydrogens is 274 g/mol. The van der Waals surface area contributed by atoms with E-state index in [2.05, 4.69) is 15.3 Å². The van der Waals surface area contributed by atoms with Gasteiger partial charge in [0.2, 0.25) is 5.91 Å². The number of methoxy groups -OCH3 is 1. The number of pyridine rings is 1. The highest BCUT2D eigenvalue weighted by atomic mass is 32.1. The average Bonchev–Trinajstić information content (AvgIpc) is 2.81. The van der Waals surface area contributed by atoms with E-state index in [1.807, 2.05) is 19.1 Å². The Morgan fingerprint density at radius 1 is 1.40 bits per heavy atom. The molecule has 2 rings (SSSR count). The Kier molecular flexibility index (Phi) is 5.20. The molecule has 0 spiro atoms. The summed E-state index contributed by atoms with van der Waals surface area (Å²) in [4.78, 5) is 21.3. The van der Waals surface area contributed by atoms with Crippen molar-refractivity contribution >= 4 is 17.2 Å². The minimum atomic E-state index is -0.00456. The van der Waals surface area contributed by atoms with Crippen LogP contribution in [0, 0.1) is 6.92 Å². The van der Waals surface area contributed by atoms with Crippen LogP contribution in [0.15, 0.2) is 24.5 Å². The van der Waals surface area contributed by atoms with Crippen molar-refractivity contribution in [2.75, 3.05) is 20.3 Å². The molecule has 106 valence electrons. The van der Waals surface area contributed by atoms with Crippen molar-refractivity contribution in [2.45, 2.75) is 13.3 Å². The molecule has 5 nitrogen and oxygen atoms in total. The number of rotatable bonds is 6. The van der Waals surface area contributed by atoms with Gasteiger partial charge in [-0.25, -0.2) is 4.98 Å². The van der Waals surface area contributed by atoms with Crippen LogP contribution in [0.5, 0.6) is 0 Å². The number of nitrogens with one attached hydrogen (secondary N) is 1. The molecule has 2 aromatic rings.